The van der Waals surface area contributed by atoms with Gasteiger partial charge in [0, 0.05) is 25.2 Å². The smallest absolute Gasteiger partial charge is 0.0702 e. The van der Waals surface area contributed by atoms with E-state index in [4.69, 9.17) is 10.5 Å². The molecule has 0 amide bonds. The Bertz CT molecular complexity index is 306. The summed E-state index contributed by atoms with van der Waals surface area (Å²) in [5.74, 6) is 1.68. The van der Waals surface area contributed by atoms with Gasteiger partial charge in [0.2, 0.25) is 0 Å². The predicted octanol–water partition coefficient (Wildman–Crippen LogP) is 3.42. The molecule has 0 radical (unpaired) electrons. The van der Waals surface area contributed by atoms with Gasteiger partial charge in [0.25, 0.3) is 0 Å². The minimum atomic E-state index is 0.258. The predicted molar refractivity (Wildman–Crippen MR) is 89.4 cm³/mol. The van der Waals surface area contributed by atoms with Crippen molar-refractivity contribution >= 4 is 0 Å². The largest absolute Gasteiger partial charge is 0.377 e. The van der Waals surface area contributed by atoms with Crippen LogP contribution in [0.25, 0.3) is 0 Å². The summed E-state index contributed by atoms with van der Waals surface area (Å²) in [4.78, 5) is 2.70. The van der Waals surface area contributed by atoms with E-state index in [-0.39, 0.29) is 5.54 Å². The summed E-state index contributed by atoms with van der Waals surface area (Å²) in [6.45, 7) is 10.8. The van der Waals surface area contributed by atoms with Gasteiger partial charge in [0.1, 0.15) is 0 Å². The summed E-state index contributed by atoms with van der Waals surface area (Å²) in [6.07, 6.45) is 9.63. The Kier molecular flexibility index (Phi) is 6.51. The second kappa shape index (κ2) is 7.94. The zero-order valence-electron chi connectivity index (χ0n) is 14.4. The Balaban J connectivity index is 2.01. The van der Waals surface area contributed by atoms with Crippen LogP contribution in [-0.4, -0.2) is 42.8 Å². The van der Waals surface area contributed by atoms with Crippen molar-refractivity contribution in [2.75, 3.05) is 26.2 Å². The van der Waals surface area contributed by atoms with Gasteiger partial charge >= 0.3 is 0 Å². The molecule has 0 spiro atoms. The van der Waals surface area contributed by atoms with Gasteiger partial charge in [0.15, 0.2) is 0 Å². The van der Waals surface area contributed by atoms with Crippen molar-refractivity contribution < 1.29 is 4.74 Å². The molecule has 0 aromatic rings. The van der Waals surface area contributed by atoms with Crippen LogP contribution in [0.3, 0.4) is 0 Å². The van der Waals surface area contributed by atoms with Crippen LogP contribution >= 0.6 is 0 Å². The molecule has 1 heterocycles. The van der Waals surface area contributed by atoms with Gasteiger partial charge in [0.05, 0.1) is 6.10 Å². The van der Waals surface area contributed by atoms with Gasteiger partial charge in [-0.3, -0.25) is 4.90 Å². The minimum absolute atomic E-state index is 0.258. The van der Waals surface area contributed by atoms with Crippen molar-refractivity contribution in [1.82, 2.24) is 4.90 Å². The Labute approximate surface area is 131 Å². The fourth-order valence-corrected chi connectivity index (χ4v) is 4.67. The average molecular weight is 296 g/mol. The number of ether oxygens (including phenoxy) is 1. The fourth-order valence-electron chi connectivity index (χ4n) is 4.67. The van der Waals surface area contributed by atoms with Crippen LogP contribution in [-0.2, 0) is 4.74 Å². The zero-order valence-corrected chi connectivity index (χ0v) is 14.4. The maximum Gasteiger partial charge on any atom is 0.0702 e. The van der Waals surface area contributed by atoms with E-state index in [1.807, 2.05) is 0 Å². The molecular formula is C18H36N2O. The number of rotatable bonds is 6. The van der Waals surface area contributed by atoms with Crippen LogP contribution in [0.4, 0.5) is 0 Å². The Hall–Kier alpha value is -0.120. The molecule has 0 aromatic carbocycles. The van der Waals surface area contributed by atoms with Crippen LogP contribution in [0.15, 0.2) is 0 Å². The molecule has 2 fully saturated rings. The third kappa shape index (κ3) is 4.43. The Morgan fingerprint density at radius 3 is 2.76 bits per heavy atom. The van der Waals surface area contributed by atoms with Crippen molar-refractivity contribution in [1.29, 1.82) is 0 Å². The quantitative estimate of drug-likeness (QED) is 0.816. The lowest BCUT2D eigenvalue weighted by Crippen LogP contribution is -2.60. The molecule has 3 unspecified atom stereocenters. The molecular weight excluding hydrogens is 260 g/mol. The summed E-state index contributed by atoms with van der Waals surface area (Å²) in [5, 5.41) is 0. The summed E-state index contributed by atoms with van der Waals surface area (Å²) >= 11 is 0. The van der Waals surface area contributed by atoms with Crippen molar-refractivity contribution in [2.45, 2.75) is 77.4 Å². The van der Waals surface area contributed by atoms with Gasteiger partial charge in [-0.15, -0.1) is 0 Å². The van der Waals surface area contributed by atoms with Crippen LogP contribution in [0, 0.1) is 11.8 Å². The molecule has 2 N–H and O–H groups in total. The maximum atomic E-state index is 6.30. The highest BCUT2D eigenvalue weighted by atomic mass is 16.5. The lowest BCUT2D eigenvalue weighted by Gasteiger charge is -2.51. The molecule has 0 bridgehead atoms. The van der Waals surface area contributed by atoms with E-state index in [2.05, 4.69) is 25.7 Å². The first-order valence-corrected chi connectivity index (χ1v) is 9.16. The number of hydrogen-bond acceptors (Lipinski definition) is 3. The third-order valence-corrected chi connectivity index (χ3v) is 5.56. The van der Waals surface area contributed by atoms with Crippen LogP contribution in [0.5, 0.6) is 0 Å². The number of piperidine rings is 1. The number of nitrogens with zero attached hydrogens (tertiary/aromatic N) is 1. The molecule has 3 nitrogen and oxygen atoms in total. The molecule has 21 heavy (non-hydrogen) atoms. The van der Waals surface area contributed by atoms with E-state index in [9.17, 15) is 0 Å². The van der Waals surface area contributed by atoms with E-state index in [1.165, 1.54) is 51.5 Å². The van der Waals surface area contributed by atoms with Gasteiger partial charge in [-0.2, -0.15) is 0 Å². The van der Waals surface area contributed by atoms with E-state index in [1.54, 1.807) is 0 Å². The van der Waals surface area contributed by atoms with Gasteiger partial charge in [-0.05, 0) is 57.4 Å². The minimum Gasteiger partial charge on any atom is -0.377 e. The first-order valence-electron chi connectivity index (χ1n) is 9.16. The van der Waals surface area contributed by atoms with Crippen molar-refractivity contribution in [2.24, 2.45) is 17.6 Å². The second-order valence-corrected chi connectivity index (χ2v) is 7.69. The standard InChI is InChI=1S/C18H36N2O/c1-4-21-17-8-6-10-20(13-17)18(14-19)9-5-7-16(12-18)11-15(2)3/h15-17H,4-14,19H2,1-3H3. The molecule has 2 rings (SSSR count). The van der Waals surface area contributed by atoms with E-state index in [0.29, 0.717) is 6.10 Å². The molecule has 0 aromatic heterocycles. The number of hydrogen-bond donors (Lipinski definition) is 1. The lowest BCUT2D eigenvalue weighted by atomic mass is 9.71. The third-order valence-electron chi connectivity index (χ3n) is 5.56. The molecule has 3 heteroatoms. The zero-order chi connectivity index (χ0) is 15.3. The van der Waals surface area contributed by atoms with Crippen LogP contribution in [0.1, 0.15) is 65.7 Å². The molecule has 1 saturated carbocycles. The van der Waals surface area contributed by atoms with Gasteiger partial charge < -0.3 is 10.5 Å². The number of nitrogens with two attached hydrogens (primary N) is 1. The molecule has 2 aliphatic rings. The highest BCUT2D eigenvalue weighted by molar-refractivity contribution is 4.98. The van der Waals surface area contributed by atoms with Crippen molar-refractivity contribution in [3.63, 3.8) is 0 Å². The van der Waals surface area contributed by atoms with Crippen molar-refractivity contribution in [3.05, 3.63) is 0 Å². The summed E-state index contributed by atoms with van der Waals surface area (Å²) in [5.41, 5.74) is 6.56. The average Bonchev–Trinajstić information content (AvgIpc) is 2.47. The first kappa shape index (κ1) is 17.2. The molecule has 1 saturated heterocycles. The molecule has 1 aliphatic carbocycles. The monoisotopic (exact) mass is 296 g/mol. The van der Waals surface area contributed by atoms with E-state index >= 15 is 0 Å². The first-order chi connectivity index (χ1) is 10.1. The topological polar surface area (TPSA) is 38.5 Å². The fraction of sp³-hybridized carbons (Fsp3) is 1.00. The summed E-state index contributed by atoms with van der Waals surface area (Å²) < 4.78 is 5.90. The normalized spacial score (nSPS) is 35.3. The molecule has 3 atom stereocenters. The van der Waals surface area contributed by atoms with E-state index < -0.39 is 0 Å². The van der Waals surface area contributed by atoms with Crippen LogP contribution in [0.2, 0.25) is 0 Å². The summed E-state index contributed by atoms with van der Waals surface area (Å²) in [7, 11) is 0. The van der Waals surface area contributed by atoms with Gasteiger partial charge in [-0.25, -0.2) is 0 Å². The molecule has 124 valence electrons. The Morgan fingerprint density at radius 1 is 1.29 bits per heavy atom. The highest BCUT2D eigenvalue weighted by Crippen LogP contribution is 2.40. The summed E-state index contributed by atoms with van der Waals surface area (Å²) in [6, 6.07) is 0. The van der Waals surface area contributed by atoms with E-state index in [0.717, 1.165) is 31.5 Å². The van der Waals surface area contributed by atoms with Crippen molar-refractivity contribution in [3.8, 4) is 0 Å². The second-order valence-electron chi connectivity index (χ2n) is 7.69. The molecule has 1 aliphatic heterocycles. The van der Waals surface area contributed by atoms with Crippen LogP contribution < -0.4 is 5.73 Å². The lowest BCUT2D eigenvalue weighted by molar-refractivity contribution is -0.0511. The maximum absolute atomic E-state index is 6.30. The van der Waals surface area contributed by atoms with Gasteiger partial charge in [-0.1, -0.05) is 26.7 Å². The highest BCUT2D eigenvalue weighted by Gasteiger charge is 2.41. The SMILES string of the molecule is CCOC1CCCN(C2(CN)CCCC(CC(C)C)C2)C1. The number of likely N-dealkylation sites (tertiary alicyclic amines) is 1. The Morgan fingerprint density at radius 2 is 2.10 bits per heavy atom.